The molecule has 18 heavy (non-hydrogen) atoms. The van der Waals surface area contributed by atoms with E-state index in [-0.39, 0.29) is 22.2 Å². The number of piperazine rings is 1. The van der Waals surface area contributed by atoms with Crippen molar-refractivity contribution in [1.29, 1.82) is 0 Å². The van der Waals surface area contributed by atoms with Gasteiger partial charge in [-0.3, -0.25) is 14.9 Å². The van der Waals surface area contributed by atoms with Crippen molar-refractivity contribution >= 4 is 23.2 Å². The van der Waals surface area contributed by atoms with Crippen LogP contribution in [0.3, 0.4) is 0 Å². The number of non-ortho nitro benzene ring substituents is 1. The monoisotopic (exact) mass is 269 g/mol. The van der Waals surface area contributed by atoms with Crippen LogP contribution in [0.25, 0.3) is 0 Å². The van der Waals surface area contributed by atoms with E-state index in [2.05, 4.69) is 5.32 Å². The van der Waals surface area contributed by atoms with Crippen molar-refractivity contribution in [2.75, 3.05) is 26.2 Å². The van der Waals surface area contributed by atoms with E-state index in [0.717, 1.165) is 13.1 Å². The lowest BCUT2D eigenvalue weighted by Crippen LogP contribution is -2.46. The molecule has 1 fully saturated rings. The first-order valence-electron chi connectivity index (χ1n) is 5.53. The Morgan fingerprint density at radius 2 is 2.06 bits per heavy atom. The topological polar surface area (TPSA) is 75.5 Å². The van der Waals surface area contributed by atoms with E-state index in [0.29, 0.717) is 13.1 Å². The molecule has 1 amide bonds. The van der Waals surface area contributed by atoms with E-state index in [1.54, 1.807) is 4.90 Å². The fraction of sp³-hybridized carbons (Fsp3) is 0.364. The Bertz CT molecular complexity index is 486. The van der Waals surface area contributed by atoms with Crippen molar-refractivity contribution in [1.82, 2.24) is 10.2 Å². The Labute approximate surface area is 109 Å². The molecule has 0 radical (unpaired) electrons. The number of hydrogen-bond donors (Lipinski definition) is 1. The summed E-state index contributed by atoms with van der Waals surface area (Å²) in [5, 5.41) is 14.1. The summed E-state index contributed by atoms with van der Waals surface area (Å²) in [5.74, 6) is -0.259. The van der Waals surface area contributed by atoms with Gasteiger partial charge in [-0.2, -0.15) is 0 Å². The van der Waals surface area contributed by atoms with Crippen molar-refractivity contribution < 1.29 is 9.72 Å². The number of nitro benzene ring substituents is 1. The summed E-state index contributed by atoms with van der Waals surface area (Å²) in [4.78, 5) is 24.0. The fourth-order valence-electron chi connectivity index (χ4n) is 1.83. The molecule has 6 nitrogen and oxygen atoms in total. The fourth-order valence-corrected chi connectivity index (χ4v) is 2.03. The number of carbonyl (C=O) groups excluding carboxylic acids is 1. The highest BCUT2D eigenvalue weighted by Gasteiger charge is 2.22. The maximum absolute atomic E-state index is 12.2. The Balaban J connectivity index is 2.28. The minimum absolute atomic E-state index is 0.127. The number of carbonyl (C=O) groups is 1. The summed E-state index contributed by atoms with van der Waals surface area (Å²) >= 11 is 5.93. The van der Waals surface area contributed by atoms with Crippen molar-refractivity contribution in [3.63, 3.8) is 0 Å². The lowest BCUT2D eigenvalue weighted by molar-refractivity contribution is -0.384. The molecule has 0 atom stereocenters. The van der Waals surface area contributed by atoms with E-state index >= 15 is 0 Å². The molecule has 0 spiro atoms. The second-order valence-corrected chi connectivity index (χ2v) is 4.37. The summed E-state index contributed by atoms with van der Waals surface area (Å²) in [6.45, 7) is 2.60. The Kier molecular flexibility index (Phi) is 3.78. The van der Waals surface area contributed by atoms with Crippen LogP contribution in [0.5, 0.6) is 0 Å². The number of amides is 1. The Morgan fingerprint density at radius 1 is 1.39 bits per heavy atom. The van der Waals surface area contributed by atoms with Gasteiger partial charge in [-0.25, -0.2) is 0 Å². The van der Waals surface area contributed by atoms with E-state index in [4.69, 9.17) is 11.6 Å². The van der Waals surface area contributed by atoms with Gasteiger partial charge in [0.1, 0.15) is 0 Å². The largest absolute Gasteiger partial charge is 0.336 e. The summed E-state index contributed by atoms with van der Waals surface area (Å²) in [5.41, 5.74) is 0.0608. The zero-order chi connectivity index (χ0) is 13.1. The van der Waals surface area contributed by atoms with Crippen molar-refractivity contribution in [2.45, 2.75) is 0 Å². The molecule has 1 aliphatic heterocycles. The first-order valence-corrected chi connectivity index (χ1v) is 5.91. The quantitative estimate of drug-likeness (QED) is 0.648. The molecule has 1 heterocycles. The van der Waals surface area contributed by atoms with E-state index in [9.17, 15) is 14.9 Å². The van der Waals surface area contributed by atoms with Gasteiger partial charge in [0.05, 0.1) is 15.5 Å². The van der Waals surface area contributed by atoms with Gasteiger partial charge in [0.15, 0.2) is 0 Å². The van der Waals surface area contributed by atoms with Crippen LogP contribution < -0.4 is 5.32 Å². The maximum Gasteiger partial charge on any atom is 0.270 e. The van der Waals surface area contributed by atoms with Gasteiger partial charge >= 0.3 is 0 Å². The van der Waals surface area contributed by atoms with Gasteiger partial charge in [0, 0.05) is 38.3 Å². The molecule has 7 heteroatoms. The summed E-state index contributed by atoms with van der Waals surface area (Å²) in [7, 11) is 0. The molecule has 1 aromatic rings. The molecule has 0 aromatic heterocycles. The van der Waals surface area contributed by atoms with Crippen LogP contribution in [0.15, 0.2) is 18.2 Å². The van der Waals surface area contributed by atoms with Gasteiger partial charge < -0.3 is 10.2 Å². The lowest BCUT2D eigenvalue weighted by atomic mass is 10.1. The molecule has 1 saturated heterocycles. The van der Waals surface area contributed by atoms with Gasteiger partial charge in [0.2, 0.25) is 0 Å². The smallest absolute Gasteiger partial charge is 0.270 e. The molecule has 1 N–H and O–H groups in total. The molecular formula is C11H12ClN3O3. The van der Waals surface area contributed by atoms with Crippen LogP contribution in [0.4, 0.5) is 5.69 Å². The first kappa shape index (κ1) is 12.8. The first-order chi connectivity index (χ1) is 8.59. The molecule has 0 saturated carbocycles. The molecule has 0 bridgehead atoms. The van der Waals surface area contributed by atoms with Gasteiger partial charge in [0.25, 0.3) is 11.6 Å². The van der Waals surface area contributed by atoms with E-state index in [1.165, 1.54) is 18.2 Å². The average molecular weight is 270 g/mol. The normalized spacial score (nSPS) is 15.5. The molecule has 1 aromatic carbocycles. The maximum atomic E-state index is 12.2. The molecule has 1 aliphatic rings. The summed E-state index contributed by atoms with van der Waals surface area (Å²) in [6, 6.07) is 3.90. The third-order valence-corrected chi connectivity index (χ3v) is 3.12. The number of hydrogen-bond acceptors (Lipinski definition) is 4. The predicted octanol–water partition coefficient (Wildman–Crippen LogP) is 1.29. The SMILES string of the molecule is O=C(c1cc([N+](=O)[O-])ccc1Cl)N1CCNCC1. The zero-order valence-corrected chi connectivity index (χ0v) is 10.3. The van der Waals surface area contributed by atoms with Crippen LogP contribution in [0, 0.1) is 10.1 Å². The minimum atomic E-state index is -0.537. The molecule has 0 unspecified atom stereocenters. The second kappa shape index (κ2) is 5.32. The second-order valence-electron chi connectivity index (χ2n) is 3.96. The predicted molar refractivity (Wildman–Crippen MR) is 66.9 cm³/mol. The van der Waals surface area contributed by atoms with Crippen molar-refractivity contribution in [2.24, 2.45) is 0 Å². The number of benzene rings is 1. The lowest BCUT2D eigenvalue weighted by Gasteiger charge is -2.27. The molecule has 2 rings (SSSR count). The van der Waals surface area contributed by atoms with Crippen molar-refractivity contribution in [3.05, 3.63) is 38.9 Å². The Morgan fingerprint density at radius 3 is 2.67 bits per heavy atom. The summed E-state index contributed by atoms with van der Waals surface area (Å²) < 4.78 is 0. The highest BCUT2D eigenvalue weighted by atomic mass is 35.5. The molecular weight excluding hydrogens is 258 g/mol. The third-order valence-electron chi connectivity index (χ3n) is 2.80. The van der Waals surface area contributed by atoms with Crippen molar-refractivity contribution in [3.8, 4) is 0 Å². The van der Waals surface area contributed by atoms with E-state index < -0.39 is 4.92 Å². The molecule has 0 aliphatic carbocycles. The van der Waals surface area contributed by atoms with Crippen LogP contribution in [-0.4, -0.2) is 41.9 Å². The van der Waals surface area contributed by atoms with E-state index in [1.807, 2.05) is 0 Å². The number of halogens is 1. The van der Waals surface area contributed by atoms with Crippen LogP contribution in [0.2, 0.25) is 5.02 Å². The van der Waals surface area contributed by atoms with Gasteiger partial charge in [-0.1, -0.05) is 11.6 Å². The van der Waals surface area contributed by atoms with Crippen LogP contribution >= 0.6 is 11.6 Å². The average Bonchev–Trinajstić information content (AvgIpc) is 2.39. The number of nitro groups is 1. The third kappa shape index (κ3) is 2.60. The number of rotatable bonds is 2. The van der Waals surface area contributed by atoms with Gasteiger partial charge in [-0.15, -0.1) is 0 Å². The van der Waals surface area contributed by atoms with Crippen LogP contribution in [0.1, 0.15) is 10.4 Å². The highest BCUT2D eigenvalue weighted by molar-refractivity contribution is 6.33. The zero-order valence-electron chi connectivity index (χ0n) is 9.56. The summed E-state index contributed by atoms with van der Waals surface area (Å²) in [6.07, 6.45) is 0. The van der Waals surface area contributed by atoms with Gasteiger partial charge in [-0.05, 0) is 6.07 Å². The standard InChI is InChI=1S/C11H12ClN3O3/c12-10-2-1-8(15(17)18)7-9(10)11(16)14-5-3-13-4-6-14/h1-2,7,13H,3-6H2. The van der Waals surface area contributed by atoms with Crippen LogP contribution in [-0.2, 0) is 0 Å². The Hall–Kier alpha value is -1.66. The highest BCUT2D eigenvalue weighted by Crippen LogP contribution is 2.23. The molecule has 96 valence electrons. The number of nitrogens with one attached hydrogen (secondary N) is 1. The number of nitrogens with zero attached hydrogens (tertiary/aromatic N) is 2. The minimum Gasteiger partial charge on any atom is -0.336 e.